The maximum Gasteiger partial charge on any atom is 0.330 e. The highest BCUT2D eigenvalue weighted by Crippen LogP contribution is 2.16. The largest absolute Gasteiger partial charge is 0.330 e. The molecule has 1 saturated heterocycles. The molecule has 1 aromatic heterocycles. The summed E-state index contributed by atoms with van der Waals surface area (Å²) >= 11 is 0. The van der Waals surface area contributed by atoms with Gasteiger partial charge in [0.15, 0.2) is 4.90 Å². The van der Waals surface area contributed by atoms with Crippen LogP contribution in [0.1, 0.15) is 6.92 Å². The molecule has 0 bridgehead atoms. The molecule has 0 spiro atoms. The Morgan fingerprint density at radius 1 is 1.19 bits per heavy atom. The lowest BCUT2D eigenvalue weighted by Gasteiger charge is -2.16. The fourth-order valence-corrected chi connectivity index (χ4v) is 4.08. The first-order chi connectivity index (χ1) is 9.63. The molecule has 2 atom stereocenters. The van der Waals surface area contributed by atoms with E-state index in [1.807, 2.05) is 18.9 Å². The van der Waals surface area contributed by atoms with Gasteiger partial charge in [0.05, 0.1) is 0 Å². The molecule has 0 saturated carbocycles. The lowest BCUT2D eigenvalue weighted by molar-refractivity contribution is 0.400. The van der Waals surface area contributed by atoms with Crippen LogP contribution in [0.2, 0.25) is 0 Å². The SMILES string of the molecule is C[C@@H]1CN(C)C[C@@H]1NS(=O)(=O)c1cn(C)c(=O)n(C)c1=O. The fraction of sp³-hybridized carbons (Fsp3) is 0.667. The van der Waals surface area contributed by atoms with Crippen LogP contribution in [-0.2, 0) is 24.1 Å². The van der Waals surface area contributed by atoms with Gasteiger partial charge in [-0.15, -0.1) is 0 Å². The second-order valence-electron chi connectivity index (χ2n) is 5.68. The normalized spacial score (nSPS) is 23.6. The lowest BCUT2D eigenvalue weighted by Crippen LogP contribution is -2.45. The van der Waals surface area contributed by atoms with Gasteiger partial charge in [-0.3, -0.25) is 9.36 Å². The highest BCUT2D eigenvalue weighted by molar-refractivity contribution is 7.89. The van der Waals surface area contributed by atoms with Crippen molar-refractivity contribution in [2.75, 3.05) is 20.1 Å². The molecule has 1 aromatic rings. The number of nitrogens with zero attached hydrogens (tertiary/aromatic N) is 3. The number of rotatable bonds is 3. The van der Waals surface area contributed by atoms with E-state index in [4.69, 9.17) is 0 Å². The highest BCUT2D eigenvalue weighted by Gasteiger charge is 2.32. The summed E-state index contributed by atoms with van der Waals surface area (Å²) in [7, 11) is 0.620. The van der Waals surface area contributed by atoms with Crippen molar-refractivity contribution >= 4 is 10.0 Å². The van der Waals surface area contributed by atoms with E-state index in [0.29, 0.717) is 6.54 Å². The molecular formula is C12H20N4O4S. The average molecular weight is 316 g/mol. The second kappa shape index (κ2) is 5.39. The summed E-state index contributed by atoms with van der Waals surface area (Å²) < 4.78 is 29.3. The zero-order valence-electron chi connectivity index (χ0n) is 12.5. The number of hydrogen-bond acceptors (Lipinski definition) is 5. The van der Waals surface area contributed by atoms with Gasteiger partial charge in [-0.25, -0.2) is 17.9 Å². The Morgan fingerprint density at radius 3 is 2.33 bits per heavy atom. The summed E-state index contributed by atoms with van der Waals surface area (Å²) in [6.45, 7) is 3.33. The van der Waals surface area contributed by atoms with Gasteiger partial charge >= 0.3 is 5.69 Å². The number of likely N-dealkylation sites (tertiary alicyclic amines) is 1. The number of sulfonamides is 1. The van der Waals surface area contributed by atoms with E-state index in [1.54, 1.807) is 0 Å². The van der Waals surface area contributed by atoms with Crippen LogP contribution in [0.3, 0.4) is 0 Å². The molecule has 1 fully saturated rings. The Hall–Kier alpha value is -1.45. The van der Waals surface area contributed by atoms with E-state index in [1.165, 1.54) is 14.1 Å². The molecule has 118 valence electrons. The molecule has 1 aliphatic heterocycles. The summed E-state index contributed by atoms with van der Waals surface area (Å²) in [5.74, 6) is 0.154. The summed E-state index contributed by atoms with van der Waals surface area (Å²) in [6, 6.07) is -0.248. The van der Waals surface area contributed by atoms with Crippen molar-refractivity contribution in [3.8, 4) is 0 Å². The van der Waals surface area contributed by atoms with Gasteiger partial charge in [-0.05, 0) is 13.0 Å². The molecule has 0 unspecified atom stereocenters. The predicted octanol–water partition coefficient (Wildman–Crippen LogP) is -1.69. The van der Waals surface area contributed by atoms with E-state index in [9.17, 15) is 18.0 Å². The van der Waals surface area contributed by atoms with Crippen molar-refractivity contribution in [3.05, 3.63) is 27.0 Å². The average Bonchev–Trinajstić information content (AvgIpc) is 2.68. The number of nitrogens with one attached hydrogen (secondary N) is 1. The van der Waals surface area contributed by atoms with Gasteiger partial charge in [0, 0.05) is 39.4 Å². The number of likely N-dealkylation sites (N-methyl/N-ethyl adjacent to an activating group) is 1. The number of aryl methyl sites for hydroxylation is 1. The molecule has 0 amide bonds. The first-order valence-electron chi connectivity index (χ1n) is 6.61. The van der Waals surface area contributed by atoms with Gasteiger partial charge in [-0.2, -0.15) is 0 Å². The minimum absolute atomic E-state index is 0.154. The zero-order valence-corrected chi connectivity index (χ0v) is 13.3. The van der Waals surface area contributed by atoms with Gasteiger partial charge in [0.1, 0.15) is 0 Å². The molecule has 2 rings (SSSR count). The van der Waals surface area contributed by atoms with Crippen molar-refractivity contribution < 1.29 is 8.42 Å². The molecule has 0 aromatic carbocycles. The molecule has 2 heterocycles. The first kappa shape index (κ1) is 15.9. The molecule has 8 nitrogen and oxygen atoms in total. The number of hydrogen-bond donors (Lipinski definition) is 1. The second-order valence-corrected chi connectivity index (χ2v) is 7.36. The van der Waals surface area contributed by atoms with E-state index < -0.39 is 26.2 Å². The van der Waals surface area contributed by atoms with E-state index in [2.05, 4.69) is 4.72 Å². The minimum Gasteiger partial charge on any atom is -0.304 e. The third-order valence-corrected chi connectivity index (χ3v) is 5.28. The maximum absolute atomic E-state index is 12.4. The lowest BCUT2D eigenvalue weighted by atomic mass is 10.1. The van der Waals surface area contributed by atoms with Crippen LogP contribution in [0.25, 0.3) is 0 Å². The van der Waals surface area contributed by atoms with Crippen molar-refractivity contribution in [2.24, 2.45) is 20.0 Å². The third-order valence-electron chi connectivity index (χ3n) is 3.81. The Kier molecular flexibility index (Phi) is 4.09. The van der Waals surface area contributed by atoms with Crippen LogP contribution >= 0.6 is 0 Å². The van der Waals surface area contributed by atoms with Gasteiger partial charge in [0.2, 0.25) is 10.0 Å². The van der Waals surface area contributed by atoms with E-state index in [0.717, 1.165) is 21.9 Å². The monoisotopic (exact) mass is 316 g/mol. The molecule has 0 radical (unpaired) electrons. The van der Waals surface area contributed by atoms with Crippen LogP contribution in [0, 0.1) is 5.92 Å². The molecule has 21 heavy (non-hydrogen) atoms. The Morgan fingerprint density at radius 2 is 1.81 bits per heavy atom. The zero-order chi connectivity index (χ0) is 15.9. The van der Waals surface area contributed by atoms with Gasteiger partial charge in [-0.1, -0.05) is 6.92 Å². The Labute approximate surface area is 123 Å². The summed E-state index contributed by atoms with van der Waals surface area (Å²) in [5.41, 5.74) is -1.38. The first-order valence-corrected chi connectivity index (χ1v) is 8.09. The van der Waals surface area contributed by atoms with Gasteiger partial charge < -0.3 is 9.47 Å². The minimum atomic E-state index is -3.96. The van der Waals surface area contributed by atoms with E-state index in [-0.39, 0.29) is 12.0 Å². The Bertz CT molecular complexity index is 764. The Balaban J connectivity index is 2.42. The van der Waals surface area contributed by atoms with Crippen molar-refractivity contribution in [1.82, 2.24) is 18.8 Å². The summed E-state index contributed by atoms with van der Waals surface area (Å²) in [5, 5.41) is 0. The van der Waals surface area contributed by atoms with Gasteiger partial charge in [0.25, 0.3) is 5.56 Å². The van der Waals surface area contributed by atoms with Crippen LogP contribution in [0.15, 0.2) is 20.7 Å². The van der Waals surface area contributed by atoms with Crippen LogP contribution in [0.4, 0.5) is 0 Å². The molecule has 1 N–H and O–H groups in total. The quantitative estimate of drug-likeness (QED) is 0.718. The standard InChI is InChI=1S/C12H20N4O4S/c1-8-5-14(2)6-9(8)13-21(19,20)10-7-15(3)12(18)16(4)11(10)17/h7-9,13H,5-6H2,1-4H3/t8-,9+/m1/s1. The van der Waals surface area contributed by atoms with Crippen molar-refractivity contribution in [2.45, 2.75) is 17.9 Å². The van der Waals surface area contributed by atoms with E-state index >= 15 is 0 Å². The smallest absolute Gasteiger partial charge is 0.304 e. The van der Waals surface area contributed by atoms with Crippen LogP contribution in [-0.4, -0.2) is 48.6 Å². The van der Waals surface area contributed by atoms with Crippen LogP contribution < -0.4 is 16.0 Å². The summed E-state index contributed by atoms with van der Waals surface area (Å²) in [6.07, 6.45) is 1.07. The van der Waals surface area contributed by atoms with Crippen LogP contribution in [0.5, 0.6) is 0 Å². The molecular weight excluding hydrogens is 296 g/mol. The summed E-state index contributed by atoms with van der Waals surface area (Å²) in [4.78, 5) is 25.3. The topological polar surface area (TPSA) is 93.4 Å². The molecule has 9 heteroatoms. The molecule has 1 aliphatic rings. The molecule has 0 aliphatic carbocycles. The van der Waals surface area contributed by atoms with Crippen molar-refractivity contribution in [1.29, 1.82) is 0 Å². The third kappa shape index (κ3) is 2.94. The highest BCUT2D eigenvalue weighted by atomic mass is 32.2. The van der Waals surface area contributed by atoms with Crippen molar-refractivity contribution in [3.63, 3.8) is 0 Å². The number of aromatic nitrogens is 2. The predicted molar refractivity (Wildman–Crippen MR) is 77.7 cm³/mol. The fourth-order valence-electron chi connectivity index (χ4n) is 2.58. The maximum atomic E-state index is 12.4.